The maximum absolute atomic E-state index is 13.6. The van der Waals surface area contributed by atoms with Crippen LogP contribution in [0.3, 0.4) is 0 Å². The first-order chi connectivity index (χ1) is 16.9. The van der Waals surface area contributed by atoms with E-state index in [1.54, 1.807) is 0 Å². The minimum atomic E-state index is 0.101. The van der Waals surface area contributed by atoms with Gasteiger partial charge in [0.1, 0.15) is 5.84 Å². The summed E-state index contributed by atoms with van der Waals surface area (Å²) in [4.78, 5) is 24.6. The van der Waals surface area contributed by atoms with E-state index in [-0.39, 0.29) is 5.91 Å². The van der Waals surface area contributed by atoms with Crippen LogP contribution >= 0.6 is 0 Å². The van der Waals surface area contributed by atoms with E-state index in [2.05, 4.69) is 46.9 Å². The summed E-state index contributed by atoms with van der Waals surface area (Å²) in [7, 11) is 0. The third kappa shape index (κ3) is 4.95. The molecule has 5 nitrogen and oxygen atoms in total. The molecule has 1 amide bonds. The largest absolute Gasteiger partial charge is 0.383 e. The highest BCUT2D eigenvalue weighted by molar-refractivity contribution is 6.04. The molecule has 2 aliphatic carbocycles. The van der Waals surface area contributed by atoms with Gasteiger partial charge in [-0.15, -0.1) is 0 Å². The maximum atomic E-state index is 13.6. The SMILES string of the molecule is C=C(C)N=C(N)c1cc(C(=O)N2CCC(C3=CC4C=CN=C(C=C3)C4)CC2)c(C)cc1C1CCC1. The first-order valence-electron chi connectivity index (χ1n) is 13.0. The van der Waals surface area contributed by atoms with Crippen LogP contribution in [-0.4, -0.2) is 35.4 Å². The molecule has 35 heavy (non-hydrogen) atoms. The molecule has 1 atom stereocenters. The maximum Gasteiger partial charge on any atom is 0.254 e. The Morgan fingerprint density at radius 2 is 1.89 bits per heavy atom. The Morgan fingerprint density at radius 1 is 1.11 bits per heavy atom. The van der Waals surface area contributed by atoms with E-state index in [0.717, 1.165) is 54.8 Å². The van der Waals surface area contributed by atoms with Crippen molar-refractivity contribution in [2.45, 2.75) is 58.3 Å². The molecule has 1 saturated carbocycles. The van der Waals surface area contributed by atoms with Gasteiger partial charge >= 0.3 is 0 Å². The Hall–Kier alpha value is -3.21. The van der Waals surface area contributed by atoms with Crippen LogP contribution in [0.2, 0.25) is 0 Å². The molecule has 0 aromatic heterocycles. The summed E-state index contributed by atoms with van der Waals surface area (Å²) in [5.41, 5.74) is 13.5. The van der Waals surface area contributed by atoms with Crippen molar-refractivity contribution in [3.8, 4) is 0 Å². The molecule has 0 spiro atoms. The highest BCUT2D eigenvalue weighted by Gasteiger charge is 2.29. The van der Waals surface area contributed by atoms with Crippen LogP contribution in [0, 0.1) is 18.8 Å². The Kier molecular flexibility index (Phi) is 6.59. The van der Waals surface area contributed by atoms with Crippen LogP contribution in [0.4, 0.5) is 0 Å². The van der Waals surface area contributed by atoms with Crippen molar-refractivity contribution in [1.29, 1.82) is 0 Å². The first kappa shape index (κ1) is 23.5. The molecule has 1 saturated heterocycles. The lowest BCUT2D eigenvalue weighted by molar-refractivity contribution is 0.0702. The van der Waals surface area contributed by atoms with Gasteiger partial charge in [-0.05, 0) is 86.6 Å². The zero-order valence-corrected chi connectivity index (χ0v) is 21.0. The molecule has 1 aromatic rings. The summed E-state index contributed by atoms with van der Waals surface area (Å²) in [6.45, 7) is 9.31. The van der Waals surface area contributed by atoms with E-state index < -0.39 is 0 Å². The van der Waals surface area contributed by atoms with Gasteiger partial charge in [-0.2, -0.15) is 0 Å². The van der Waals surface area contributed by atoms with E-state index in [9.17, 15) is 4.79 Å². The second-order valence-electron chi connectivity index (χ2n) is 10.5. The zero-order valence-electron chi connectivity index (χ0n) is 21.0. The highest BCUT2D eigenvalue weighted by atomic mass is 16.2. The third-order valence-corrected chi connectivity index (χ3v) is 7.91. The van der Waals surface area contributed by atoms with Crippen molar-refractivity contribution < 1.29 is 4.79 Å². The van der Waals surface area contributed by atoms with E-state index >= 15 is 0 Å². The van der Waals surface area contributed by atoms with Gasteiger partial charge < -0.3 is 10.6 Å². The number of benzene rings is 1. The molecule has 5 heteroatoms. The number of piperidine rings is 1. The Bertz CT molecular complexity index is 1190. The summed E-state index contributed by atoms with van der Waals surface area (Å²) in [5, 5.41) is 0. The standard InChI is InChI=1S/C30H36N4O/c1-19(2)33-29(31)28-18-26(20(3)15-27(28)23-5-4-6-23)30(35)34-13-10-22(11-14-34)24-7-8-25-17-21(16-24)9-12-32-25/h7-9,12,15-16,18,21-23H,1,4-6,10-11,13-14,17H2,2-3H3,(H2,31,33). The van der Waals surface area contributed by atoms with Crippen molar-refractivity contribution in [2.75, 3.05) is 13.1 Å². The number of hydrogen-bond donors (Lipinski definition) is 1. The second kappa shape index (κ2) is 9.80. The van der Waals surface area contributed by atoms with E-state index in [1.807, 2.05) is 31.0 Å². The zero-order chi connectivity index (χ0) is 24.5. The first-order valence-corrected chi connectivity index (χ1v) is 13.0. The molecule has 2 heterocycles. The second-order valence-corrected chi connectivity index (χ2v) is 10.5. The number of likely N-dealkylation sites (tertiary alicyclic amines) is 1. The number of allylic oxidation sites excluding steroid dienone is 6. The van der Waals surface area contributed by atoms with Gasteiger partial charge in [-0.1, -0.05) is 37.3 Å². The number of amides is 1. The van der Waals surface area contributed by atoms with Crippen molar-refractivity contribution in [3.63, 3.8) is 0 Å². The van der Waals surface area contributed by atoms with Crippen molar-refractivity contribution >= 4 is 17.5 Å². The van der Waals surface area contributed by atoms with E-state index in [4.69, 9.17) is 5.73 Å². The molecule has 2 fully saturated rings. The van der Waals surface area contributed by atoms with E-state index in [0.29, 0.717) is 29.3 Å². The number of amidine groups is 1. The van der Waals surface area contributed by atoms with Crippen LogP contribution in [-0.2, 0) is 0 Å². The molecular weight excluding hydrogens is 432 g/mol. The number of fused-ring (bicyclic) bond motifs is 2. The fourth-order valence-electron chi connectivity index (χ4n) is 5.70. The normalized spacial score (nSPS) is 22.9. The number of aliphatic imine (C=N–C) groups is 2. The molecule has 1 unspecified atom stereocenters. The fourth-order valence-corrected chi connectivity index (χ4v) is 5.70. The number of aryl methyl sites for hydroxylation is 1. The molecule has 2 bridgehead atoms. The average molecular weight is 469 g/mol. The molecular formula is C30H36N4O. The van der Waals surface area contributed by atoms with Gasteiger partial charge in [0.05, 0.1) is 0 Å². The van der Waals surface area contributed by atoms with E-state index in [1.165, 1.54) is 30.4 Å². The fraction of sp³-hybridized carbons (Fsp3) is 0.433. The lowest BCUT2D eigenvalue weighted by Crippen LogP contribution is -2.39. The smallest absolute Gasteiger partial charge is 0.254 e. The van der Waals surface area contributed by atoms with Gasteiger partial charge in [-0.3, -0.25) is 9.79 Å². The summed E-state index contributed by atoms with van der Waals surface area (Å²) in [6, 6.07) is 4.17. The predicted octanol–water partition coefficient (Wildman–Crippen LogP) is 5.82. The Morgan fingerprint density at radius 3 is 2.57 bits per heavy atom. The summed E-state index contributed by atoms with van der Waals surface area (Å²) in [6.07, 6.45) is 17.5. The molecule has 4 aliphatic rings. The Labute approximate surface area is 208 Å². The lowest BCUT2D eigenvalue weighted by atomic mass is 9.77. The molecule has 182 valence electrons. The number of rotatable bonds is 5. The van der Waals surface area contributed by atoms with Crippen LogP contribution in [0.15, 0.2) is 70.5 Å². The summed E-state index contributed by atoms with van der Waals surface area (Å²) in [5.74, 6) is 1.99. The number of nitrogens with zero attached hydrogens (tertiary/aromatic N) is 3. The number of nitrogens with two attached hydrogens (primary N) is 1. The van der Waals surface area contributed by atoms with Crippen LogP contribution in [0.1, 0.15) is 78.4 Å². The quantitative estimate of drug-likeness (QED) is 0.437. The van der Waals surface area contributed by atoms with Crippen LogP contribution in [0.5, 0.6) is 0 Å². The van der Waals surface area contributed by atoms with Crippen molar-refractivity contribution in [3.05, 3.63) is 82.7 Å². The van der Waals surface area contributed by atoms with Gasteiger partial charge in [0.25, 0.3) is 5.91 Å². The molecule has 2 N–H and O–H groups in total. The average Bonchev–Trinajstić information content (AvgIpc) is 2.94. The van der Waals surface area contributed by atoms with Crippen LogP contribution in [0.25, 0.3) is 0 Å². The Balaban J connectivity index is 1.34. The molecule has 5 rings (SSSR count). The predicted molar refractivity (Wildman–Crippen MR) is 144 cm³/mol. The van der Waals surface area contributed by atoms with Crippen LogP contribution < -0.4 is 5.73 Å². The van der Waals surface area contributed by atoms with Gasteiger partial charge in [0.2, 0.25) is 0 Å². The topological polar surface area (TPSA) is 71.0 Å². The third-order valence-electron chi connectivity index (χ3n) is 7.91. The molecule has 1 aromatic carbocycles. The van der Waals surface area contributed by atoms with Crippen molar-refractivity contribution in [1.82, 2.24) is 4.90 Å². The van der Waals surface area contributed by atoms with Gasteiger partial charge in [-0.25, -0.2) is 4.99 Å². The summed E-state index contributed by atoms with van der Waals surface area (Å²) < 4.78 is 0. The monoisotopic (exact) mass is 468 g/mol. The molecule has 0 radical (unpaired) electrons. The lowest BCUT2D eigenvalue weighted by Gasteiger charge is -2.34. The number of carbonyl (C=O) groups excluding carboxylic acids is 1. The minimum absolute atomic E-state index is 0.101. The van der Waals surface area contributed by atoms with Gasteiger partial charge in [0.15, 0.2) is 0 Å². The molecule has 2 aliphatic heterocycles. The summed E-state index contributed by atoms with van der Waals surface area (Å²) >= 11 is 0. The minimum Gasteiger partial charge on any atom is -0.383 e. The number of hydrogen-bond acceptors (Lipinski definition) is 3. The number of carbonyl (C=O) groups is 1. The van der Waals surface area contributed by atoms with Crippen molar-refractivity contribution in [2.24, 2.45) is 27.6 Å². The van der Waals surface area contributed by atoms with Gasteiger partial charge in [0, 0.05) is 47.7 Å². The highest BCUT2D eigenvalue weighted by Crippen LogP contribution is 2.39.